The largest absolute Gasteiger partial charge is 0.383 e. The van der Waals surface area contributed by atoms with Gasteiger partial charge in [-0.2, -0.15) is 4.99 Å². The molecule has 1 aromatic carbocycles. The Labute approximate surface area is 212 Å². The van der Waals surface area contributed by atoms with Gasteiger partial charge in [0.2, 0.25) is 5.91 Å². The Morgan fingerprint density at radius 2 is 1.86 bits per heavy atom. The number of likely N-dealkylation sites (N-methyl/N-ethyl adjacent to an activating group) is 1. The number of fused-ring (bicyclic) bond motifs is 1. The molecular formula is C27H36FN5O3. The molecule has 1 aromatic rings. The summed E-state index contributed by atoms with van der Waals surface area (Å²) in [6.45, 7) is 8.93. The molecule has 3 atom stereocenters. The zero-order valence-corrected chi connectivity index (χ0v) is 21.5. The first-order chi connectivity index (χ1) is 17.1. The summed E-state index contributed by atoms with van der Waals surface area (Å²) in [5.41, 5.74) is 7.26. The number of carbonyl (C=O) groups excluding carboxylic acids is 2. The van der Waals surface area contributed by atoms with E-state index in [-0.39, 0.29) is 35.4 Å². The fraction of sp³-hybridized carbons (Fsp3) is 0.519. The minimum absolute atomic E-state index is 0.141. The smallest absolute Gasteiger partial charge is 0.253 e. The number of amides is 2. The maximum atomic E-state index is 14.5. The first-order valence-electron chi connectivity index (χ1n) is 12.5. The SMILES string of the molecule is CC(C)C(=O)N=C(N)c1ccc(NC(=O)C2CCC3=CC(F)=CC(N4CCN(C)CC4)C3(C)O2)cc1. The van der Waals surface area contributed by atoms with Crippen molar-refractivity contribution in [1.82, 2.24) is 9.80 Å². The number of nitrogens with two attached hydrogens (primary N) is 1. The number of anilines is 1. The average molecular weight is 498 g/mol. The lowest BCUT2D eigenvalue weighted by Gasteiger charge is -2.50. The highest BCUT2D eigenvalue weighted by Crippen LogP contribution is 2.42. The van der Waals surface area contributed by atoms with Crippen LogP contribution in [0.1, 0.15) is 39.2 Å². The number of hydrogen-bond acceptors (Lipinski definition) is 5. The first kappa shape index (κ1) is 26.2. The highest BCUT2D eigenvalue weighted by molar-refractivity contribution is 6.04. The van der Waals surface area contributed by atoms with Crippen molar-refractivity contribution in [1.29, 1.82) is 0 Å². The second-order valence-corrected chi connectivity index (χ2v) is 10.3. The Balaban J connectivity index is 1.44. The topological polar surface area (TPSA) is 100 Å². The van der Waals surface area contributed by atoms with Crippen molar-refractivity contribution in [2.45, 2.75) is 51.4 Å². The van der Waals surface area contributed by atoms with Crippen LogP contribution in [0.4, 0.5) is 10.1 Å². The van der Waals surface area contributed by atoms with Crippen LogP contribution in [0.5, 0.6) is 0 Å². The van der Waals surface area contributed by atoms with Gasteiger partial charge >= 0.3 is 0 Å². The van der Waals surface area contributed by atoms with Crippen LogP contribution in [0.2, 0.25) is 0 Å². The lowest BCUT2D eigenvalue weighted by Crippen LogP contribution is -2.61. The molecule has 9 heteroatoms. The summed E-state index contributed by atoms with van der Waals surface area (Å²) in [6, 6.07) is 6.60. The van der Waals surface area contributed by atoms with Gasteiger partial charge in [0, 0.05) is 43.3 Å². The number of nitrogens with zero attached hydrogens (tertiary/aromatic N) is 3. The highest BCUT2D eigenvalue weighted by Gasteiger charge is 2.48. The summed E-state index contributed by atoms with van der Waals surface area (Å²) in [7, 11) is 2.08. The fourth-order valence-corrected chi connectivity index (χ4v) is 4.96. The van der Waals surface area contributed by atoms with Crippen LogP contribution in [0, 0.1) is 5.92 Å². The van der Waals surface area contributed by atoms with Gasteiger partial charge in [0.25, 0.3) is 5.91 Å². The summed E-state index contributed by atoms with van der Waals surface area (Å²) in [4.78, 5) is 33.4. The summed E-state index contributed by atoms with van der Waals surface area (Å²) >= 11 is 0. The van der Waals surface area contributed by atoms with Gasteiger partial charge in [0.1, 0.15) is 23.4 Å². The molecule has 194 valence electrons. The number of amidine groups is 1. The molecule has 0 radical (unpaired) electrons. The fourth-order valence-electron chi connectivity index (χ4n) is 4.96. The monoisotopic (exact) mass is 497 g/mol. The summed E-state index contributed by atoms with van der Waals surface area (Å²) in [5, 5.41) is 2.92. The van der Waals surface area contributed by atoms with Crippen molar-refractivity contribution in [3.8, 4) is 0 Å². The van der Waals surface area contributed by atoms with Gasteiger partial charge < -0.3 is 20.7 Å². The van der Waals surface area contributed by atoms with Crippen LogP contribution in [0.15, 0.2) is 52.8 Å². The van der Waals surface area contributed by atoms with Gasteiger partial charge in [0.05, 0.1) is 6.04 Å². The standard InChI is InChI=1S/C27H36FN5O3/c1-17(2)25(34)31-24(29)18-5-8-21(9-6-18)30-26(35)22-10-7-19-15-20(28)16-23(27(19,3)36-22)33-13-11-32(4)12-14-33/h5-6,8-9,15-17,22-23H,7,10-14H2,1-4H3,(H,30,35)(H2,29,31,34). The molecule has 2 fully saturated rings. The minimum Gasteiger partial charge on any atom is -0.383 e. The Hall–Kier alpha value is -2.88. The van der Waals surface area contributed by atoms with Gasteiger partial charge in [-0.3, -0.25) is 14.5 Å². The van der Waals surface area contributed by atoms with Gasteiger partial charge in [0.15, 0.2) is 0 Å². The Morgan fingerprint density at radius 3 is 2.50 bits per heavy atom. The molecule has 3 N–H and O–H groups in total. The van der Waals surface area contributed by atoms with Crippen LogP contribution in [0.25, 0.3) is 0 Å². The van der Waals surface area contributed by atoms with Crippen LogP contribution >= 0.6 is 0 Å². The number of rotatable bonds is 5. The predicted molar refractivity (Wildman–Crippen MR) is 138 cm³/mol. The number of hydrogen-bond donors (Lipinski definition) is 2. The summed E-state index contributed by atoms with van der Waals surface area (Å²) < 4.78 is 21.0. The van der Waals surface area contributed by atoms with Crippen molar-refractivity contribution in [3.63, 3.8) is 0 Å². The molecular weight excluding hydrogens is 461 g/mol. The second kappa shape index (κ2) is 10.6. The van der Waals surface area contributed by atoms with E-state index < -0.39 is 11.7 Å². The average Bonchev–Trinajstić information content (AvgIpc) is 2.84. The molecule has 0 saturated carbocycles. The molecule has 4 rings (SSSR count). The number of piperazine rings is 1. The van der Waals surface area contributed by atoms with Gasteiger partial charge in [-0.05, 0) is 68.8 Å². The van der Waals surface area contributed by atoms with E-state index in [0.29, 0.717) is 24.1 Å². The zero-order chi connectivity index (χ0) is 26.0. The molecule has 2 heterocycles. The van der Waals surface area contributed by atoms with E-state index in [1.807, 2.05) is 6.92 Å². The van der Waals surface area contributed by atoms with E-state index in [4.69, 9.17) is 10.5 Å². The van der Waals surface area contributed by atoms with Crippen molar-refractivity contribution in [3.05, 3.63) is 53.4 Å². The van der Waals surface area contributed by atoms with Crippen LogP contribution in [0.3, 0.4) is 0 Å². The first-order valence-corrected chi connectivity index (χ1v) is 12.5. The quantitative estimate of drug-likeness (QED) is 0.479. The molecule has 2 amide bonds. The van der Waals surface area contributed by atoms with Gasteiger partial charge in [-0.1, -0.05) is 13.8 Å². The van der Waals surface area contributed by atoms with Crippen LogP contribution in [-0.4, -0.2) is 78.4 Å². The van der Waals surface area contributed by atoms with Gasteiger partial charge in [-0.25, -0.2) is 4.39 Å². The molecule has 3 aliphatic rings. The highest BCUT2D eigenvalue weighted by atomic mass is 19.1. The number of nitrogens with one attached hydrogen (secondary N) is 1. The van der Waals surface area contributed by atoms with E-state index in [0.717, 1.165) is 31.8 Å². The van der Waals surface area contributed by atoms with Crippen molar-refractivity contribution in [2.75, 3.05) is 38.5 Å². The van der Waals surface area contributed by atoms with Crippen molar-refractivity contribution < 1.29 is 18.7 Å². The van der Waals surface area contributed by atoms with Crippen molar-refractivity contribution in [2.24, 2.45) is 16.6 Å². The molecule has 8 nitrogen and oxygen atoms in total. The molecule has 36 heavy (non-hydrogen) atoms. The zero-order valence-electron chi connectivity index (χ0n) is 21.5. The number of benzene rings is 1. The van der Waals surface area contributed by atoms with Crippen molar-refractivity contribution >= 4 is 23.3 Å². The number of halogens is 1. The van der Waals surface area contributed by atoms with Crippen LogP contribution < -0.4 is 11.1 Å². The molecule has 0 aromatic heterocycles. The maximum absolute atomic E-state index is 14.5. The Bertz CT molecular complexity index is 1090. The molecule has 2 saturated heterocycles. The normalized spacial score (nSPS) is 27.8. The number of aliphatic imine (C=N–C) groups is 1. The Kier molecular flexibility index (Phi) is 7.73. The number of carbonyl (C=O) groups is 2. The predicted octanol–water partition coefficient (Wildman–Crippen LogP) is 2.86. The van der Waals surface area contributed by atoms with E-state index >= 15 is 0 Å². The third-order valence-corrected chi connectivity index (χ3v) is 7.29. The molecule has 0 bridgehead atoms. The molecule has 2 aliphatic heterocycles. The maximum Gasteiger partial charge on any atom is 0.253 e. The lowest BCUT2D eigenvalue weighted by molar-refractivity contribution is -0.151. The summed E-state index contributed by atoms with van der Waals surface area (Å²) in [5.74, 6) is -0.861. The molecule has 1 aliphatic carbocycles. The minimum atomic E-state index is -0.774. The second-order valence-electron chi connectivity index (χ2n) is 10.3. The van der Waals surface area contributed by atoms with E-state index in [2.05, 4.69) is 27.2 Å². The van der Waals surface area contributed by atoms with Gasteiger partial charge in [-0.15, -0.1) is 0 Å². The number of allylic oxidation sites excluding steroid dienone is 2. The number of ether oxygens (including phenoxy) is 1. The van der Waals surface area contributed by atoms with E-state index in [1.165, 1.54) is 0 Å². The Morgan fingerprint density at radius 1 is 1.19 bits per heavy atom. The third kappa shape index (κ3) is 5.58. The molecule has 3 unspecified atom stereocenters. The summed E-state index contributed by atoms with van der Waals surface area (Å²) in [6.07, 6.45) is 3.60. The van der Waals surface area contributed by atoms with E-state index in [9.17, 15) is 14.0 Å². The molecule has 0 spiro atoms. The van der Waals surface area contributed by atoms with E-state index in [1.54, 1.807) is 50.3 Å². The third-order valence-electron chi connectivity index (χ3n) is 7.29. The lowest BCUT2D eigenvalue weighted by atomic mass is 9.77. The van der Waals surface area contributed by atoms with Crippen LogP contribution in [-0.2, 0) is 14.3 Å².